The first-order valence-corrected chi connectivity index (χ1v) is 8.85. The van der Waals surface area contributed by atoms with Gasteiger partial charge in [0.1, 0.15) is 5.75 Å². The summed E-state index contributed by atoms with van der Waals surface area (Å²) in [4.78, 5) is 0. The minimum Gasteiger partial charge on any atom is -0.494 e. The number of halogens is 2. The van der Waals surface area contributed by atoms with Crippen molar-refractivity contribution in [1.82, 2.24) is 5.32 Å². The maximum Gasteiger partial charge on any atom is 0.147 e. The first-order chi connectivity index (χ1) is 9.51. The van der Waals surface area contributed by atoms with Crippen LogP contribution >= 0.6 is 31.9 Å². The largest absolute Gasteiger partial charge is 0.494 e. The molecule has 1 saturated carbocycles. The second kappa shape index (κ2) is 7.28. The highest BCUT2D eigenvalue weighted by Gasteiger charge is 2.24. The predicted octanol–water partition coefficient (Wildman–Crippen LogP) is 5.13. The van der Waals surface area contributed by atoms with E-state index in [1.165, 1.54) is 24.8 Å². The summed E-state index contributed by atoms with van der Waals surface area (Å²) in [6.45, 7) is 5.66. The van der Waals surface area contributed by atoms with Crippen LogP contribution in [-0.2, 0) is 6.54 Å². The lowest BCUT2D eigenvalue weighted by atomic mass is 9.79. The van der Waals surface area contributed by atoms with E-state index in [4.69, 9.17) is 4.74 Å². The van der Waals surface area contributed by atoms with Gasteiger partial charge in [0.05, 0.1) is 16.1 Å². The van der Waals surface area contributed by atoms with Gasteiger partial charge in [0.25, 0.3) is 0 Å². The Labute approximate surface area is 138 Å². The SMILES string of the molecule is COc1c(Br)cc(CNC2CCC(C)C(C)C2)cc1Br. The summed E-state index contributed by atoms with van der Waals surface area (Å²) in [6, 6.07) is 4.91. The summed E-state index contributed by atoms with van der Waals surface area (Å²) in [6.07, 6.45) is 3.93. The molecule has 0 amide bonds. The Balaban J connectivity index is 1.94. The molecular weight excluding hydrogens is 382 g/mol. The van der Waals surface area contributed by atoms with Gasteiger partial charge in [-0.1, -0.05) is 13.8 Å². The van der Waals surface area contributed by atoms with Crippen LogP contribution < -0.4 is 10.1 Å². The number of hydrogen-bond acceptors (Lipinski definition) is 2. The van der Waals surface area contributed by atoms with E-state index in [0.29, 0.717) is 6.04 Å². The second-order valence-corrected chi connectivity index (χ2v) is 7.65. The van der Waals surface area contributed by atoms with Crippen molar-refractivity contribution in [3.8, 4) is 5.75 Å². The Hall–Kier alpha value is -0.0600. The third-order valence-corrected chi connectivity index (χ3v) is 5.63. The molecule has 0 bridgehead atoms. The molecule has 1 aromatic rings. The van der Waals surface area contributed by atoms with E-state index in [0.717, 1.165) is 33.1 Å². The first-order valence-electron chi connectivity index (χ1n) is 7.26. The van der Waals surface area contributed by atoms with Crippen molar-refractivity contribution in [2.24, 2.45) is 11.8 Å². The highest BCUT2D eigenvalue weighted by atomic mass is 79.9. The zero-order chi connectivity index (χ0) is 14.7. The number of benzene rings is 1. The van der Waals surface area contributed by atoms with E-state index >= 15 is 0 Å². The molecule has 1 aliphatic carbocycles. The molecule has 1 aromatic carbocycles. The van der Waals surface area contributed by atoms with Crippen LogP contribution in [0.1, 0.15) is 38.7 Å². The van der Waals surface area contributed by atoms with Crippen LogP contribution in [0.25, 0.3) is 0 Å². The zero-order valence-electron chi connectivity index (χ0n) is 12.4. The van der Waals surface area contributed by atoms with Crippen LogP contribution in [0.3, 0.4) is 0 Å². The highest BCUT2D eigenvalue weighted by molar-refractivity contribution is 9.11. The van der Waals surface area contributed by atoms with Gasteiger partial charge in [-0.05, 0) is 80.7 Å². The molecule has 3 unspecified atom stereocenters. The van der Waals surface area contributed by atoms with Gasteiger partial charge in [-0.2, -0.15) is 0 Å². The molecule has 0 saturated heterocycles. The Morgan fingerprint density at radius 3 is 2.35 bits per heavy atom. The molecule has 3 atom stereocenters. The molecule has 4 heteroatoms. The molecule has 112 valence electrons. The van der Waals surface area contributed by atoms with Crippen molar-refractivity contribution in [1.29, 1.82) is 0 Å². The molecule has 1 fully saturated rings. The fraction of sp³-hybridized carbons (Fsp3) is 0.625. The number of nitrogens with one attached hydrogen (secondary N) is 1. The predicted molar refractivity (Wildman–Crippen MR) is 91.2 cm³/mol. The molecule has 2 nitrogen and oxygen atoms in total. The quantitative estimate of drug-likeness (QED) is 0.750. The lowest BCUT2D eigenvalue weighted by Gasteiger charge is -2.32. The third-order valence-electron chi connectivity index (χ3n) is 4.46. The maximum absolute atomic E-state index is 5.34. The fourth-order valence-electron chi connectivity index (χ4n) is 2.90. The van der Waals surface area contributed by atoms with Crippen molar-refractivity contribution in [3.05, 3.63) is 26.6 Å². The average molecular weight is 405 g/mol. The van der Waals surface area contributed by atoms with Gasteiger partial charge in [-0.3, -0.25) is 0 Å². The summed E-state index contributed by atoms with van der Waals surface area (Å²) in [5.74, 6) is 2.56. The Kier molecular flexibility index (Phi) is 5.94. The molecular formula is C16H23Br2NO. The lowest BCUT2D eigenvalue weighted by molar-refractivity contribution is 0.225. The van der Waals surface area contributed by atoms with Crippen LogP contribution in [-0.4, -0.2) is 13.2 Å². The molecule has 0 spiro atoms. The Bertz CT molecular complexity index is 441. The zero-order valence-corrected chi connectivity index (χ0v) is 15.6. The van der Waals surface area contributed by atoms with Crippen LogP contribution in [0, 0.1) is 11.8 Å². The summed E-state index contributed by atoms with van der Waals surface area (Å²) in [7, 11) is 1.69. The number of ether oxygens (including phenoxy) is 1. The summed E-state index contributed by atoms with van der Waals surface area (Å²) in [5, 5.41) is 3.70. The van der Waals surface area contributed by atoms with Crippen molar-refractivity contribution < 1.29 is 4.74 Å². The maximum atomic E-state index is 5.34. The van der Waals surface area contributed by atoms with Crippen molar-refractivity contribution in [2.75, 3.05) is 7.11 Å². The minimum atomic E-state index is 0.654. The van der Waals surface area contributed by atoms with Gasteiger partial charge in [-0.15, -0.1) is 0 Å². The Morgan fingerprint density at radius 1 is 1.15 bits per heavy atom. The van der Waals surface area contributed by atoms with E-state index in [2.05, 4.69) is 63.2 Å². The van der Waals surface area contributed by atoms with Crippen molar-refractivity contribution >= 4 is 31.9 Å². The van der Waals surface area contributed by atoms with E-state index < -0.39 is 0 Å². The number of methoxy groups -OCH3 is 1. The molecule has 0 aromatic heterocycles. The van der Waals surface area contributed by atoms with Crippen LogP contribution in [0.4, 0.5) is 0 Å². The summed E-state index contributed by atoms with van der Waals surface area (Å²) in [5.41, 5.74) is 1.27. The topological polar surface area (TPSA) is 21.3 Å². The normalized spacial score (nSPS) is 26.6. The Morgan fingerprint density at radius 2 is 1.80 bits per heavy atom. The van der Waals surface area contributed by atoms with Crippen molar-refractivity contribution in [2.45, 2.75) is 45.7 Å². The van der Waals surface area contributed by atoms with Crippen LogP contribution in [0.15, 0.2) is 21.1 Å². The van der Waals surface area contributed by atoms with E-state index in [9.17, 15) is 0 Å². The third kappa shape index (κ3) is 3.99. The monoisotopic (exact) mass is 403 g/mol. The molecule has 0 heterocycles. The van der Waals surface area contributed by atoms with E-state index in [-0.39, 0.29) is 0 Å². The molecule has 0 aliphatic heterocycles. The average Bonchev–Trinajstić information content (AvgIpc) is 2.40. The lowest BCUT2D eigenvalue weighted by Crippen LogP contribution is -2.35. The van der Waals surface area contributed by atoms with Gasteiger partial charge in [-0.25, -0.2) is 0 Å². The van der Waals surface area contributed by atoms with Gasteiger partial charge in [0.2, 0.25) is 0 Å². The molecule has 20 heavy (non-hydrogen) atoms. The molecule has 0 radical (unpaired) electrons. The molecule has 1 N–H and O–H groups in total. The van der Waals surface area contributed by atoms with E-state index in [1.54, 1.807) is 7.11 Å². The highest BCUT2D eigenvalue weighted by Crippen LogP contribution is 2.34. The van der Waals surface area contributed by atoms with E-state index in [1.807, 2.05) is 0 Å². The summed E-state index contributed by atoms with van der Waals surface area (Å²) >= 11 is 7.12. The number of hydrogen-bond donors (Lipinski definition) is 1. The van der Waals surface area contributed by atoms with Gasteiger partial charge < -0.3 is 10.1 Å². The minimum absolute atomic E-state index is 0.654. The van der Waals surface area contributed by atoms with Gasteiger partial charge in [0.15, 0.2) is 0 Å². The smallest absolute Gasteiger partial charge is 0.147 e. The second-order valence-electron chi connectivity index (χ2n) is 5.94. The van der Waals surface area contributed by atoms with Gasteiger partial charge in [0, 0.05) is 12.6 Å². The van der Waals surface area contributed by atoms with Crippen LogP contribution in [0.5, 0.6) is 5.75 Å². The molecule has 2 rings (SSSR count). The number of rotatable bonds is 4. The first kappa shape index (κ1) is 16.3. The summed E-state index contributed by atoms with van der Waals surface area (Å²) < 4.78 is 7.33. The standard InChI is InChI=1S/C16H23Br2NO/c1-10-4-5-13(6-11(10)2)19-9-12-7-14(17)16(20-3)15(18)8-12/h7-8,10-11,13,19H,4-6,9H2,1-3H3. The molecule has 1 aliphatic rings. The van der Waals surface area contributed by atoms with Crippen molar-refractivity contribution in [3.63, 3.8) is 0 Å². The fourth-order valence-corrected chi connectivity index (χ4v) is 4.51. The van der Waals surface area contributed by atoms with Crippen LogP contribution in [0.2, 0.25) is 0 Å². The van der Waals surface area contributed by atoms with Gasteiger partial charge >= 0.3 is 0 Å².